The van der Waals surface area contributed by atoms with Gasteiger partial charge in [0.05, 0.1) is 11.4 Å². The molecule has 0 fully saturated rings. The third-order valence-electron chi connectivity index (χ3n) is 2.95. The number of nitrogens with zero attached hydrogens (tertiary/aromatic N) is 2. The first-order chi connectivity index (χ1) is 9.27. The highest BCUT2D eigenvalue weighted by atomic mass is 35.5. The smallest absolute Gasteiger partial charge is 0.151 e. The van der Waals surface area contributed by atoms with Crippen LogP contribution < -0.4 is 0 Å². The highest BCUT2D eigenvalue weighted by Crippen LogP contribution is 2.20. The largest absolute Gasteiger partial charge is 0.381 e. The van der Waals surface area contributed by atoms with E-state index in [0.29, 0.717) is 17.9 Å². The Morgan fingerprint density at radius 1 is 1.37 bits per heavy atom. The minimum absolute atomic E-state index is 0.282. The highest BCUT2D eigenvalue weighted by molar-refractivity contribution is 6.16. The second-order valence-electron chi connectivity index (χ2n) is 4.39. The molecule has 0 aliphatic heterocycles. The molecular weight excluding hydrogens is 267 g/mol. The van der Waals surface area contributed by atoms with Gasteiger partial charge in [-0.25, -0.2) is 9.37 Å². The van der Waals surface area contributed by atoms with Crippen molar-refractivity contribution >= 4 is 22.6 Å². The quantitative estimate of drug-likeness (QED) is 0.572. The molecule has 1 aromatic carbocycles. The number of alkyl halides is 1. The lowest BCUT2D eigenvalue weighted by Gasteiger charge is -2.08. The number of para-hydroxylation sites is 1. The van der Waals surface area contributed by atoms with E-state index in [0.717, 1.165) is 31.5 Å². The molecule has 0 N–H and O–H groups in total. The Kier molecular flexibility index (Phi) is 5.16. The van der Waals surface area contributed by atoms with Crippen molar-refractivity contribution in [2.45, 2.75) is 32.2 Å². The van der Waals surface area contributed by atoms with E-state index in [9.17, 15) is 4.39 Å². The van der Waals surface area contributed by atoms with Crippen LogP contribution in [0.3, 0.4) is 0 Å². The van der Waals surface area contributed by atoms with Crippen molar-refractivity contribution < 1.29 is 9.13 Å². The minimum Gasteiger partial charge on any atom is -0.381 e. The number of halogens is 2. The number of aryl methyl sites for hydroxylation is 1. The Balaban J connectivity index is 2.14. The number of benzene rings is 1. The Hall–Kier alpha value is -1.13. The SMILES string of the molecule is CCCOCCCn1c(CCl)nc2c(F)cccc21. The number of hydrogen-bond acceptors (Lipinski definition) is 2. The molecule has 104 valence electrons. The zero-order valence-electron chi connectivity index (χ0n) is 11.0. The molecule has 5 heteroatoms. The molecule has 0 unspecified atom stereocenters. The number of imidazole rings is 1. The molecule has 0 aliphatic carbocycles. The van der Waals surface area contributed by atoms with Crippen LogP contribution in [0.1, 0.15) is 25.6 Å². The van der Waals surface area contributed by atoms with Crippen LogP contribution >= 0.6 is 11.6 Å². The zero-order valence-corrected chi connectivity index (χ0v) is 11.8. The molecule has 0 aliphatic rings. The fourth-order valence-corrected chi connectivity index (χ4v) is 2.29. The monoisotopic (exact) mass is 284 g/mol. The lowest BCUT2D eigenvalue weighted by Crippen LogP contribution is -2.06. The molecule has 0 saturated heterocycles. The van der Waals surface area contributed by atoms with Crippen LogP contribution in [0.5, 0.6) is 0 Å². The summed E-state index contributed by atoms with van der Waals surface area (Å²) in [6.07, 6.45) is 1.89. The van der Waals surface area contributed by atoms with Gasteiger partial charge >= 0.3 is 0 Å². The van der Waals surface area contributed by atoms with E-state index in [1.54, 1.807) is 6.07 Å². The van der Waals surface area contributed by atoms with Gasteiger partial charge in [0.25, 0.3) is 0 Å². The summed E-state index contributed by atoms with van der Waals surface area (Å²) in [4.78, 5) is 4.26. The summed E-state index contributed by atoms with van der Waals surface area (Å²) in [5.41, 5.74) is 1.19. The van der Waals surface area contributed by atoms with E-state index in [1.807, 2.05) is 10.6 Å². The fraction of sp³-hybridized carbons (Fsp3) is 0.500. The Morgan fingerprint density at radius 3 is 2.95 bits per heavy atom. The molecule has 0 amide bonds. The van der Waals surface area contributed by atoms with E-state index >= 15 is 0 Å². The van der Waals surface area contributed by atoms with Gasteiger partial charge in [0.2, 0.25) is 0 Å². The van der Waals surface area contributed by atoms with Crippen molar-refractivity contribution in [2.24, 2.45) is 0 Å². The van der Waals surface area contributed by atoms with Crippen LogP contribution in [-0.4, -0.2) is 22.8 Å². The molecule has 19 heavy (non-hydrogen) atoms. The van der Waals surface area contributed by atoms with E-state index in [1.165, 1.54) is 6.07 Å². The van der Waals surface area contributed by atoms with Gasteiger partial charge in [0, 0.05) is 19.8 Å². The second-order valence-corrected chi connectivity index (χ2v) is 4.65. The third-order valence-corrected chi connectivity index (χ3v) is 3.19. The van der Waals surface area contributed by atoms with Crippen LogP contribution in [0.15, 0.2) is 18.2 Å². The molecule has 1 aromatic heterocycles. The summed E-state index contributed by atoms with van der Waals surface area (Å²) in [5, 5.41) is 0. The Labute approximate surface area is 117 Å². The lowest BCUT2D eigenvalue weighted by molar-refractivity contribution is 0.129. The summed E-state index contributed by atoms with van der Waals surface area (Å²) >= 11 is 5.88. The first kappa shape index (κ1) is 14.3. The van der Waals surface area contributed by atoms with E-state index < -0.39 is 0 Å². The Bertz CT molecular complexity index is 541. The summed E-state index contributed by atoms with van der Waals surface area (Å²) in [5.74, 6) is 0.686. The summed E-state index contributed by atoms with van der Waals surface area (Å²) in [6, 6.07) is 4.98. The molecule has 2 rings (SSSR count). The third kappa shape index (κ3) is 3.25. The molecule has 2 aromatic rings. The van der Waals surface area contributed by atoms with Gasteiger partial charge in [-0.3, -0.25) is 0 Å². The van der Waals surface area contributed by atoms with Crippen molar-refractivity contribution in [3.8, 4) is 0 Å². The van der Waals surface area contributed by atoms with Gasteiger partial charge < -0.3 is 9.30 Å². The van der Waals surface area contributed by atoms with Crippen molar-refractivity contribution in [3.05, 3.63) is 29.8 Å². The number of ether oxygens (including phenoxy) is 1. The fourth-order valence-electron chi connectivity index (χ4n) is 2.08. The van der Waals surface area contributed by atoms with E-state index in [4.69, 9.17) is 16.3 Å². The zero-order chi connectivity index (χ0) is 13.7. The number of hydrogen-bond donors (Lipinski definition) is 0. The predicted molar refractivity (Wildman–Crippen MR) is 75.0 cm³/mol. The maximum Gasteiger partial charge on any atom is 0.151 e. The summed E-state index contributed by atoms with van der Waals surface area (Å²) < 4.78 is 21.1. The Morgan fingerprint density at radius 2 is 2.21 bits per heavy atom. The van der Waals surface area contributed by atoms with Crippen LogP contribution in [0.25, 0.3) is 11.0 Å². The molecule has 1 heterocycles. The number of rotatable bonds is 7. The van der Waals surface area contributed by atoms with Gasteiger partial charge in [0.1, 0.15) is 11.3 Å². The van der Waals surface area contributed by atoms with Crippen molar-refractivity contribution in [1.29, 1.82) is 0 Å². The topological polar surface area (TPSA) is 27.1 Å². The first-order valence-electron chi connectivity index (χ1n) is 6.55. The molecule has 0 atom stereocenters. The second kappa shape index (κ2) is 6.87. The number of aromatic nitrogens is 2. The molecule has 0 spiro atoms. The summed E-state index contributed by atoms with van der Waals surface area (Å²) in [6.45, 7) is 4.30. The maximum absolute atomic E-state index is 13.7. The predicted octanol–water partition coefficient (Wildman–Crippen LogP) is 3.73. The van der Waals surface area contributed by atoms with Crippen LogP contribution in [0.2, 0.25) is 0 Å². The molecule has 0 bridgehead atoms. The molecule has 3 nitrogen and oxygen atoms in total. The molecule has 0 radical (unpaired) electrons. The van der Waals surface area contributed by atoms with Gasteiger partial charge in [0.15, 0.2) is 5.82 Å². The highest BCUT2D eigenvalue weighted by Gasteiger charge is 2.12. The minimum atomic E-state index is -0.301. The number of fused-ring (bicyclic) bond motifs is 1. The molecular formula is C14H18ClFN2O. The van der Waals surface area contributed by atoms with E-state index in [2.05, 4.69) is 11.9 Å². The molecule has 0 saturated carbocycles. The first-order valence-corrected chi connectivity index (χ1v) is 7.08. The normalized spacial score (nSPS) is 11.3. The van der Waals surface area contributed by atoms with Gasteiger partial charge in [-0.2, -0.15) is 0 Å². The van der Waals surface area contributed by atoms with Gasteiger partial charge in [-0.15, -0.1) is 11.6 Å². The van der Waals surface area contributed by atoms with E-state index in [-0.39, 0.29) is 11.7 Å². The van der Waals surface area contributed by atoms with Crippen LogP contribution in [-0.2, 0) is 17.2 Å². The summed E-state index contributed by atoms with van der Waals surface area (Å²) in [7, 11) is 0. The van der Waals surface area contributed by atoms with Gasteiger partial charge in [-0.05, 0) is 25.0 Å². The standard InChI is InChI=1S/C14H18ClFN2O/c1-2-8-19-9-4-7-18-12-6-3-5-11(16)14(12)17-13(18)10-15/h3,5-6H,2,4,7-10H2,1H3. The lowest BCUT2D eigenvalue weighted by atomic mass is 10.3. The van der Waals surface area contributed by atoms with Gasteiger partial charge in [-0.1, -0.05) is 13.0 Å². The maximum atomic E-state index is 13.7. The van der Waals surface area contributed by atoms with Crippen molar-refractivity contribution in [3.63, 3.8) is 0 Å². The van der Waals surface area contributed by atoms with Crippen molar-refractivity contribution in [1.82, 2.24) is 9.55 Å². The van der Waals surface area contributed by atoms with Crippen LogP contribution in [0, 0.1) is 5.82 Å². The average Bonchev–Trinajstić information content (AvgIpc) is 2.78. The van der Waals surface area contributed by atoms with Crippen LogP contribution in [0.4, 0.5) is 4.39 Å². The average molecular weight is 285 g/mol. The van der Waals surface area contributed by atoms with Crippen molar-refractivity contribution in [2.75, 3.05) is 13.2 Å².